The van der Waals surface area contributed by atoms with Crippen molar-refractivity contribution in [3.8, 4) is 6.07 Å². The van der Waals surface area contributed by atoms with Crippen molar-refractivity contribution in [2.75, 3.05) is 13.1 Å². The maximum atomic E-state index is 8.61. The highest BCUT2D eigenvalue weighted by Gasteiger charge is 2.32. The fourth-order valence-electron chi connectivity index (χ4n) is 2.34. The van der Waals surface area contributed by atoms with E-state index in [0.29, 0.717) is 18.6 Å². The number of nitriles is 1. The Labute approximate surface area is 92.0 Å². The molecule has 0 aromatic carbocycles. The molecule has 0 aromatic rings. The van der Waals surface area contributed by atoms with E-state index in [4.69, 9.17) is 10.00 Å². The molecule has 2 unspecified atom stereocenters. The van der Waals surface area contributed by atoms with E-state index in [1.54, 1.807) is 0 Å². The van der Waals surface area contributed by atoms with Crippen LogP contribution in [0.5, 0.6) is 0 Å². The molecular weight excluding hydrogens is 188 g/mol. The van der Waals surface area contributed by atoms with Crippen LogP contribution in [0.25, 0.3) is 0 Å². The van der Waals surface area contributed by atoms with Crippen molar-refractivity contribution in [2.24, 2.45) is 0 Å². The minimum atomic E-state index is 0.416. The SMILES string of the molecule is CC1CCC(CN(CCC#N)C2CC2)O1. The Hall–Kier alpha value is -0.590. The van der Waals surface area contributed by atoms with Crippen LogP contribution in [0.3, 0.4) is 0 Å². The molecule has 0 radical (unpaired) electrons. The average molecular weight is 208 g/mol. The van der Waals surface area contributed by atoms with Gasteiger partial charge < -0.3 is 4.74 Å². The van der Waals surface area contributed by atoms with E-state index in [-0.39, 0.29) is 0 Å². The Kier molecular flexibility index (Phi) is 3.61. The summed E-state index contributed by atoms with van der Waals surface area (Å²) in [6.07, 6.45) is 6.52. The third kappa shape index (κ3) is 3.19. The van der Waals surface area contributed by atoms with Crippen LogP contribution < -0.4 is 0 Å². The first kappa shape index (κ1) is 10.9. The van der Waals surface area contributed by atoms with E-state index in [1.165, 1.54) is 25.7 Å². The molecule has 2 fully saturated rings. The van der Waals surface area contributed by atoms with E-state index >= 15 is 0 Å². The van der Waals surface area contributed by atoms with Crippen molar-refractivity contribution in [3.05, 3.63) is 0 Å². The zero-order valence-electron chi connectivity index (χ0n) is 9.48. The van der Waals surface area contributed by atoms with E-state index in [0.717, 1.165) is 19.1 Å². The molecule has 0 spiro atoms. The van der Waals surface area contributed by atoms with Gasteiger partial charge in [-0.2, -0.15) is 5.26 Å². The van der Waals surface area contributed by atoms with Gasteiger partial charge in [-0.3, -0.25) is 4.90 Å². The molecule has 1 aliphatic carbocycles. The molecular formula is C12H20N2O. The minimum Gasteiger partial charge on any atom is -0.374 e. The molecule has 2 rings (SSSR count). The molecule has 1 saturated carbocycles. The monoisotopic (exact) mass is 208 g/mol. The highest BCUT2D eigenvalue weighted by Crippen LogP contribution is 2.29. The van der Waals surface area contributed by atoms with E-state index < -0.39 is 0 Å². The number of ether oxygens (including phenoxy) is 1. The van der Waals surface area contributed by atoms with Gasteiger partial charge in [0.1, 0.15) is 0 Å². The number of rotatable bonds is 5. The summed E-state index contributed by atoms with van der Waals surface area (Å²) in [6, 6.07) is 2.98. The van der Waals surface area contributed by atoms with E-state index in [2.05, 4.69) is 17.9 Å². The lowest BCUT2D eigenvalue weighted by atomic mass is 10.2. The summed E-state index contributed by atoms with van der Waals surface area (Å²) in [6.45, 7) is 4.11. The molecule has 15 heavy (non-hydrogen) atoms. The fraction of sp³-hybridized carbons (Fsp3) is 0.917. The lowest BCUT2D eigenvalue weighted by Crippen LogP contribution is -2.35. The molecule has 3 nitrogen and oxygen atoms in total. The Balaban J connectivity index is 1.76. The van der Waals surface area contributed by atoms with Crippen molar-refractivity contribution in [3.63, 3.8) is 0 Å². The lowest BCUT2D eigenvalue weighted by molar-refractivity contribution is 0.0300. The summed E-state index contributed by atoms with van der Waals surface area (Å²) in [5.74, 6) is 0. The summed E-state index contributed by atoms with van der Waals surface area (Å²) < 4.78 is 5.83. The minimum absolute atomic E-state index is 0.416. The maximum Gasteiger partial charge on any atom is 0.0706 e. The third-order valence-corrected chi connectivity index (χ3v) is 3.33. The van der Waals surface area contributed by atoms with Crippen molar-refractivity contribution < 1.29 is 4.74 Å². The first-order valence-electron chi connectivity index (χ1n) is 6.06. The molecule has 0 bridgehead atoms. The summed E-state index contributed by atoms with van der Waals surface area (Å²) in [5.41, 5.74) is 0. The first-order chi connectivity index (χ1) is 7.29. The van der Waals surface area contributed by atoms with Crippen LogP contribution in [0.15, 0.2) is 0 Å². The van der Waals surface area contributed by atoms with Crippen molar-refractivity contribution in [2.45, 2.75) is 57.3 Å². The molecule has 0 aromatic heterocycles. The van der Waals surface area contributed by atoms with Gasteiger partial charge in [-0.25, -0.2) is 0 Å². The highest BCUT2D eigenvalue weighted by molar-refractivity contribution is 4.88. The molecule has 1 heterocycles. The predicted octanol–water partition coefficient (Wildman–Crippen LogP) is 1.93. The summed E-state index contributed by atoms with van der Waals surface area (Å²) >= 11 is 0. The van der Waals surface area contributed by atoms with Gasteiger partial charge in [0, 0.05) is 25.6 Å². The second-order valence-corrected chi connectivity index (χ2v) is 4.78. The Morgan fingerprint density at radius 1 is 1.33 bits per heavy atom. The number of hydrogen-bond donors (Lipinski definition) is 0. The Bertz CT molecular complexity index is 244. The smallest absolute Gasteiger partial charge is 0.0706 e. The molecule has 0 N–H and O–H groups in total. The lowest BCUT2D eigenvalue weighted by Gasteiger charge is -2.24. The van der Waals surface area contributed by atoms with Gasteiger partial charge in [0.2, 0.25) is 0 Å². The predicted molar refractivity (Wildman–Crippen MR) is 58.4 cm³/mol. The van der Waals surface area contributed by atoms with Gasteiger partial charge in [0.05, 0.1) is 18.3 Å². The van der Waals surface area contributed by atoms with Gasteiger partial charge >= 0.3 is 0 Å². The van der Waals surface area contributed by atoms with Gasteiger partial charge in [0.15, 0.2) is 0 Å². The van der Waals surface area contributed by atoms with E-state index in [1.807, 2.05) is 0 Å². The normalized spacial score (nSPS) is 30.7. The molecule has 84 valence electrons. The molecule has 2 atom stereocenters. The van der Waals surface area contributed by atoms with Crippen molar-refractivity contribution >= 4 is 0 Å². The van der Waals surface area contributed by atoms with Crippen molar-refractivity contribution in [1.82, 2.24) is 4.90 Å². The Morgan fingerprint density at radius 3 is 2.67 bits per heavy atom. The third-order valence-electron chi connectivity index (χ3n) is 3.33. The van der Waals surface area contributed by atoms with Crippen LogP contribution in [0.1, 0.15) is 39.0 Å². The molecule has 3 heteroatoms. The quantitative estimate of drug-likeness (QED) is 0.692. The summed E-state index contributed by atoms with van der Waals surface area (Å²) in [4.78, 5) is 2.45. The van der Waals surface area contributed by atoms with Crippen LogP contribution in [0, 0.1) is 11.3 Å². The van der Waals surface area contributed by atoms with Gasteiger partial charge in [-0.05, 0) is 32.6 Å². The topological polar surface area (TPSA) is 36.3 Å². The first-order valence-corrected chi connectivity index (χ1v) is 6.06. The second kappa shape index (κ2) is 4.96. The molecule has 2 aliphatic rings. The van der Waals surface area contributed by atoms with Gasteiger partial charge in [-0.15, -0.1) is 0 Å². The zero-order chi connectivity index (χ0) is 10.7. The van der Waals surface area contributed by atoms with E-state index in [9.17, 15) is 0 Å². The standard InChI is InChI=1S/C12H20N2O/c1-10-3-6-12(15-10)9-14(8-2-7-13)11-4-5-11/h10-12H,2-6,8-9H2,1H3. The van der Waals surface area contributed by atoms with Gasteiger partial charge in [0.25, 0.3) is 0 Å². The summed E-state index contributed by atoms with van der Waals surface area (Å²) in [5, 5.41) is 8.61. The number of hydrogen-bond acceptors (Lipinski definition) is 3. The number of nitrogens with zero attached hydrogens (tertiary/aromatic N) is 2. The largest absolute Gasteiger partial charge is 0.374 e. The highest BCUT2D eigenvalue weighted by atomic mass is 16.5. The van der Waals surface area contributed by atoms with Crippen LogP contribution >= 0.6 is 0 Å². The Morgan fingerprint density at radius 2 is 2.13 bits per heavy atom. The molecule has 1 aliphatic heterocycles. The van der Waals surface area contributed by atoms with Crippen LogP contribution in [-0.2, 0) is 4.74 Å². The molecule has 0 amide bonds. The van der Waals surface area contributed by atoms with Crippen LogP contribution in [0.2, 0.25) is 0 Å². The second-order valence-electron chi connectivity index (χ2n) is 4.78. The van der Waals surface area contributed by atoms with Gasteiger partial charge in [-0.1, -0.05) is 0 Å². The fourth-order valence-corrected chi connectivity index (χ4v) is 2.34. The van der Waals surface area contributed by atoms with Crippen LogP contribution in [-0.4, -0.2) is 36.2 Å². The zero-order valence-corrected chi connectivity index (χ0v) is 9.48. The van der Waals surface area contributed by atoms with Crippen molar-refractivity contribution in [1.29, 1.82) is 5.26 Å². The molecule has 1 saturated heterocycles. The average Bonchev–Trinajstić information content (AvgIpc) is 2.98. The summed E-state index contributed by atoms with van der Waals surface area (Å²) in [7, 11) is 0. The maximum absolute atomic E-state index is 8.61. The van der Waals surface area contributed by atoms with Crippen LogP contribution in [0.4, 0.5) is 0 Å².